The van der Waals surface area contributed by atoms with Gasteiger partial charge in [-0.05, 0) is 18.2 Å². The lowest BCUT2D eigenvalue weighted by Crippen LogP contribution is -2.40. The molecule has 0 amide bonds. The van der Waals surface area contributed by atoms with Crippen LogP contribution in [0.5, 0.6) is 5.75 Å². The molecule has 0 atom stereocenters. The molecule has 1 aliphatic heterocycles. The zero-order valence-corrected chi connectivity index (χ0v) is 11.7. The number of phenols is 1. The van der Waals surface area contributed by atoms with Crippen LogP contribution in [0.3, 0.4) is 0 Å². The van der Waals surface area contributed by atoms with Crippen molar-refractivity contribution in [2.24, 2.45) is 0 Å². The number of rotatable bonds is 3. The Kier molecular flexibility index (Phi) is 4.26. The van der Waals surface area contributed by atoms with E-state index in [4.69, 9.17) is 4.74 Å². The van der Waals surface area contributed by atoms with E-state index in [0.717, 1.165) is 6.07 Å². The number of methoxy groups -OCH3 is 1. The van der Waals surface area contributed by atoms with Gasteiger partial charge in [0, 0.05) is 13.1 Å². The van der Waals surface area contributed by atoms with Crippen LogP contribution >= 0.6 is 0 Å². The summed E-state index contributed by atoms with van der Waals surface area (Å²) >= 11 is 0. The SMILES string of the molecule is COC(=O)c1ccc(O)c(S(=O)(=O)N2CCOCC2)c1. The topological polar surface area (TPSA) is 93.1 Å². The highest BCUT2D eigenvalue weighted by Crippen LogP contribution is 2.27. The average molecular weight is 301 g/mol. The van der Waals surface area contributed by atoms with Gasteiger partial charge in [-0.1, -0.05) is 0 Å². The van der Waals surface area contributed by atoms with Crippen molar-refractivity contribution in [1.29, 1.82) is 0 Å². The van der Waals surface area contributed by atoms with E-state index in [9.17, 15) is 18.3 Å². The van der Waals surface area contributed by atoms with Crippen LogP contribution in [0.15, 0.2) is 23.1 Å². The van der Waals surface area contributed by atoms with Gasteiger partial charge in [0.1, 0.15) is 10.6 Å². The van der Waals surface area contributed by atoms with Gasteiger partial charge < -0.3 is 14.6 Å². The van der Waals surface area contributed by atoms with Crippen molar-refractivity contribution in [3.8, 4) is 5.75 Å². The first kappa shape index (κ1) is 14.8. The van der Waals surface area contributed by atoms with E-state index in [0.29, 0.717) is 13.2 Å². The van der Waals surface area contributed by atoms with E-state index in [2.05, 4.69) is 4.74 Å². The molecule has 20 heavy (non-hydrogen) atoms. The molecule has 7 nitrogen and oxygen atoms in total. The van der Waals surface area contributed by atoms with Crippen molar-refractivity contribution in [1.82, 2.24) is 4.31 Å². The summed E-state index contributed by atoms with van der Waals surface area (Å²) in [6, 6.07) is 3.59. The third-order valence-electron chi connectivity index (χ3n) is 2.97. The fourth-order valence-electron chi connectivity index (χ4n) is 1.89. The smallest absolute Gasteiger partial charge is 0.337 e. The Morgan fingerprint density at radius 2 is 2.00 bits per heavy atom. The normalized spacial score (nSPS) is 16.9. The molecule has 0 aromatic heterocycles. The number of aromatic hydroxyl groups is 1. The second kappa shape index (κ2) is 5.78. The Bertz CT molecular complexity index is 606. The van der Waals surface area contributed by atoms with Gasteiger partial charge in [0.15, 0.2) is 0 Å². The van der Waals surface area contributed by atoms with Crippen LogP contribution in [-0.4, -0.2) is 57.2 Å². The Morgan fingerprint density at radius 3 is 2.60 bits per heavy atom. The zero-order chi connectivity index (χ0) is 14.8. The van der Waals surface area contributed by atoms with E-state index in [-0.39, 0.29) is 23.5 Å². The molecule has 1 fully saturated rings. The van der Waals surface area contributed by atoms with Crippen LogP contribution in [-0.2, 0) is 19.5 Å². The van der Waals surface area contributed by atoms with Crippen molar-refractivity contribution in [2.75, 3.05) is 33.4 Å². The van der Waals surface area contributed by atoms with Crippen LogP contribution in [0.25, 0.3) is 0 Å². The Morgan fingerprint density at radius 1 is 1.35 bits per heavy atom. The second-order valence-electron chi connectivity index (χ2n) is 4.19. The van der Waals surface area contributed by atoms with Crippen molar-refractivity contribution in [3.63, 3.8) is 0 Å². The third-order valence-corrected chi connectivity index (χ3v) is 4.90. The fourth-order valence-corrected chi connectivity index (χ4v) is 3.41. The van der Waals surface area contributed by atoms with Gasteiger partial charge in [-0.2, -0.15) is 4.31 Å². The minimum Gasteiger partial charge on any atom is -0.507 e. The molecule has 110 valence electrons. The largest absolute Gasteiger partial charge is 0.507 e. The molecule has 1 saturated heterocycles. The lowest BCUT2D eigenvalue weighted by molar-refractivity contribution is 0.0600. The van der Waals surface area contributed by atoms with Gasteiger partial charge >= 0.3 is 5.97 Å². The number of morpholine rings is 1. The highest BCUT2D eigenvalue weighted by molar-refractivity contribution is 7.89. The number of nitrogens with zero attached hydrogens (tertiary/aromatic N) is 1. The number of phenolic OH excluding ortho intramolecular Hbond substituents is 1. The zero-order valence-electron chi connectivity index (χ0n) is 10.9. The van der Waals surface area contributed by atoms with Gasteiger partial charge in [-0.15, -0.1) is 0 Å². The molecule has 0 saturated carbocycles. The van der Waals surface area contributed by atoms with E-state index in [1.165, 1.54) is 23.5 Å². The standard InChI is InChI=1S/C12H15NO6S/c1-18-12(15)9-2-3-10(14)11(8-9)20(16,17)13-4-6-19-7-5-13/h2-3,8,14H,4-7H2,1H3. The summed E-state index contributed by atoms with van der Waals surface area (Å²) in [7, 11) is -2.66. The molecule has 0 aliphatic carbocycles. The number of hydrogen-bond acceptors (Lipinski definition) is 6. The van der Waals surface area contributed by atoms with E-state index in [1.54, 1.807) is 0 Å². The molecule has 2 rings (SSSR count). The quantitative estimate of drug-likeness (QED) is 0.802. The molecule has 0 bridgehead atoms. The second-order valence-corrected chi connectivity index (χ2v) is 6.10. The van der Waals surface area contributed by atoms with Gasteiger partial charge in [-0.3, -0.25) is 0 Å². The first-order valence-electron chi connectivity index (χ1n) is 5.96. The van der Waals surface area contributed by atoms with E-state index >= 15 is 0 Å². The third kappa shape index (κ3) is 2.77. The molecule has 1 aromatic carbocycles. The number of ether oxygens (including phenoxy) is 2. The average Bonchev–Trinajstić information content (AvgIpc) is 2.47. The molecule has 0 radical (unpaired) electrons. The first-order valence-corrected chi connectivity index (χ1v) is 7.40. The predicted octanol–water partition coefficient (Wildman–Crippen LogP) is 0.200. The van der Waals surface area contributed by atoms with Crippen LogP contribution in [0.4, 0.5) is 0 Å². The summed E-state index contributed by atoms with van der Waals surface area (Å²) in [5.74, 6) is -1.06. The van der Waals surface area contributed by atoms with Crippen molar-refractivity contribution >= 4 is 16.0 Å². The van der Waals surface area contributed by atoms with Crippen molar-refractivity contribution in [3.05, 3.63) is 23.8 Å². The molecular weight excluding hydrogens is 286 g/mol. The van der Waals surface area contributed by atoms with Gasteiger partial charge in [-0.25, -0.2) is 13.2 Å². The predicted molar refractivity (Wildman–Crippen MR) is 69.0 cm³/mol. The van der Waals surface area contributed by atoms with Crippen LogP contribution in [0, 0.1) is 0 Å². The maximum Gasteiger partial charge on any atom is 0.337 e. The maximum atomic E-state index is 12.4. The Labute approximate surface area is 116 Å². The van der Waals surface area contributed by atoms with Gasteiger partial charge in [0.05, 0.1) is 25.9 Å². The van der Waals surface area contributed by atoms with Crippen molar-refractivity contribution < 1.29 is 27.8 Å². The Hall–Kier alpha value is -1.64. The van der Waals surface area contributed by atoms with E-state index in [1.807, 2.05) is 0 Å². The molecule has 0 unspecified atom stereocenters. The summed E-state index contributed by atoms with van der Waals surface area (Å²) in [4.78, 5) is 11.1. The number of esters is 1. The lowest BCUT2D eigenvalue weighted by atomic mass is 10.2. The molecule has 1 N–H and O–H groups in total. The highest BCUT2D eigenvalue weighted by Gasteiger charge is 2.29. The maximum absolute atomic E-state index is 12.4. The number of benzene rings is 1. The highest BCUT2D eigenvalue weighted by atomic mass is 32.2. The van der Waals surface area contributed by atoms with Crippen LogP contribution in [0.2, 0.25) is 0 Å². The van der Waals surface area contributed by atoms with Crippen molar-refractivity contribution in [2.45, 2.75) is 4.90 Å². The minimum atomic E-state index is -3.86. The summed E-state index contributed by atoms with van der Waals surface area (Å²) < 4.78 is 35.7. The molecule has 8 heteroatoms. The first-order chi connectivity index (χ1) is 9.46. The summed E-state index contributed by atoms with van der Waals surface area (Å²) in [5.41, 5.74) is 0.0668. The van der Waals surface area contributed by atoms with Gasteiger partial charge in [0.25, 0.3) is 0 Å². The molecule has 0 spiro atoms. The van der Waals surface area contributed by atoms with E-state index < -0.39 is 21.7 Å². The number of sulfonamides is 1. The lowest BCUT2D eigenvalue weighted by Gasteiger charge is -2.26. The minimum absolute atomic E-state index is 0.0668. The van der Waals surface area contributed by atoms with Gasteiger partial charge in [0.2, 0.25) is 10.0 Å². The van der Waals surface area contributed by atoms with Crippen LogP contribution in [0.1, 0.15) is 10.4 Å². The number of carbonyl (C=O) groups is 1. The Balaban J connectivity index is 2.42. The summed E-state index contributed by atoms with van der Waals surface area (Å²) in [5, 5.41) is 9.77. The number of carbonyl (C=O) groups excluding carboxylic acids is 1. The fraction of sp³-hybridized carbons (Fsp3) is 0.417. The molecule has 1 aliphatic rings. The van der Waals surface area contributed by atoms with Crippen LogP contribution < -0.4 is 0 Å². The number of hydrogen-bond donors (Lipinski definition) is 1. The molecule has 1 heterocycles. The summed E-state index contributed by atoms with van der Waals surface area (Å²) in [6.07, 6.45) is 0. The monoisotopic (exact) mass is 301 g/mol. The molecular formula is C12H15NO6S. The summed E-state index contributed by atoms with van der Waals surface area (Å²) in [6.45, 7) is 1.03. The molecule has 1 aromatic rings.